The smallest absolute Gasteiger partial charge is 0.266 e. The second kappa shape index (κ2) is 11.5. The minimum absolute atomic E-state index is 0.0550. The summed E-state index contributed by atoms with van der Waals surface area (Å²) in [5, 5.41) is 6.97. The third-order valence-electron chi connectivity index (χ3n) is 6.08. The molecule has 194 valence electrons. The fourth-order valence-corrected chi connectivity index (χ4v) is 5.11. The van der Waals surface area contributed by atoms with Gasteiger partial charge in [-0.3, -0.25) is 14.2 Å². The Morgan fingerprint density at radius 3 is 2.76 bits per heavy atom. The Morgan fingerprint density at radius 1 is 1.08 bits per heavy atom. The number of carbonyl (C=O) groups is 1. The zero-order valence-corrected chi connectivity index (χ0v) is 21.1. The lowest BCUT2D eigenvalue weighted by molar-refractivity contribution is 0.0948. The summed E-state index contributed by atoms with van der Waals surface area (Å²) >= 11 is 1.89. The number of amides is 1. The van der Waals surface area contributed by atoms with Crippen molar-refractivity contribution in [2.75, 3.05) is 17.6 Å². The summed E-state index contributed by atoms with van der Waals surface area (Å²) in [5.41, 5.74) is 1.21. The number of nitrogens with one attached hydrogen (secondary N) is 2. The largest absolute Gasteiger partial charge is 0.369 e. The van der Waals surface area contributed by atoms with Crippen molar-refractivity contribution < 1.29 is 13.6 Å². The Bertz CT molecular complexity index is 1590. The maximum Gasteiger partial charge on any atom is 0.266 e. The Kier molecular flexibility index (Phi) is 7.73. The number of thioether (sulfide) groups is 1. The highest BCUT2D eigenvalue weighted by Gasteiger charge is 2.14. The molecule has 1 aliphatic rings. The van der Waals surface area contributed by atoms with E-state index in [2.05, 4.69) is 31.7 Å². The quantitative estimate of drug-likeness (QED) is 0.331. The molecule has 0 fully saturated rings. The normalized spacial score (nSPS) is 12.9. The predicted molar refractivity (Wildman–Crippen MR) is 143 cm³/mol. The molecule has 0 unspecified atom stereocenters. The highest BCUT2D eigenvalue weighted by Crippen LogP contribution is 2.28. The summed E-state index contributed by atoms with van der Waals surface area (Å²) in [4.78, 5) is 39.8. The summed E-state index contributed by atoms with van der Waals surface area (Å²) in [6, 6.07) is 8.98. The second-order valence-corrected chi connectivity index (χ2v) is 9.95. The van der Waals surface area contributed by atoms with Crippen LogP contribution in [0.4, 0.5) is 14.6 Å². The Labute approximate surface area is 221 Å². The average Bonchev–Trinajstić information content (AvgIpc) is 3.44. The highest BCUT2D eigenvalue weighted by atomic mass is 32.2. The van der Waals surface area contributed by atoms with Gasteiger partial charge in [-0.1, -0.05) is 18.2 Å². The van der Waals surface area contributed by atoms with Crippen molar-refractivity contribution >= 4 is 34.4 Å². The molecule has 0 spiro atoms. The van der Waals surface area contributed by atoms with E-state index in [9.17, 15) is 18.4 Å². The Morgan fingerprint density at radius 2 is 1.95 bits per heavy atom. The van der Waals surface area contributed by atoms with Gasteiger partial charge in [0, 0.05) is 30.4 Å². The Hall–Kier alpha value is -4.12. The Balaban J connectivity index is 1.26. The van der Waals surface area contributed by atoms with E-state index in [1.165, 1.54) is 34.4 Å². The molecule has 2 N–H and O–H groups in total. The first-order chi connectivity index (χ1) is 18.5. The fraction of sp³-hybridized carbons (Fsp3) is 0.222. The standard InChI is InChI=1S/C27H24F2N6O2S/c28-22-5-3-18(11-23(22)29)14-35-16-30-13-21(27(35)37)26(36)32-12-17-4-6-24-20(10-17)25(34-15-33-24)31-8-7-19-2-1-9-38-19/h2-6,10-11,13,15-16H,1,7-9,12,14H2,(H,32,36)(H,31,33,34). The van der Waals surface area contributed by atoms with Crippen LogP contribution >= 0.6 is 11.8 Å². The predicted octanol–water partition coefficient (Wildman–Crippen LogP) is 4.27. The van der Waals surface area contributed by atoms with Gasteiger partial charge in [-0.15, -0.1) is 11.8 Å². The lowest BCUT2D eigenvalue weighted by Gasteiger charge is -2.11. The van der Waals surface area contributed by atoms with E-state index in [1.54, 1.807) is 0 Å². The summed E-state index contributed by atoms with van der Waals surface area (Å²) in [5.74, 6) is -0.716. The third kappa shape index (κ3) is 5.88. The molecule has 11 heteroatoms. The molecule has 0 atom stereocenters. The van der Waals surface area contributed by atoms with Crippen molar-refractivity contribution in [3.05, 3.63) is 105 Å². The molecule has 1 aliphatic heterocycles. The molecule has 5 rings (SSSR count). The monoisotopic (exact) mass is 534 g/mol. The van der Waals surface area contributed by atoms with Crippen LogP contribution in [0.2, 0.25) is 0 Å². The van der Waals surface area contributed by atoms with Gasteiger partial charge in [-0.25, -0.2) is 23.7 Å². The number of hydrogen-bond donors (Lipinski definition) is 2. The van der Waals surface area contributed by atoms with Crippen molar-refractivity contribution in [2.24, 2.45) is 0 Å². The number of halogens is 2. The van der Waals surface area contributed by atoms with Gasteiger partial charge in [0.15, 0.2) is 11.6 Å². The van der Waals surface area contributed by atoms with Crippen LogP contribution < -0.4 is 16.2 Å². The third-order valence-corrected chi connectivity index (χ3v) is 7.26. The van der Waals surface area contributed by atoms with Crippen molar-refractivity contribution in [3.63, 3.8) is 0 Å². The zero-order valence-electron chi connectivity index (χ0n) is 20.3. The molecule has 38 heavy (non-hydrogen) atoms. The van der Waals surface area contributed by atoms with Crippen molar-refractivity contribution in [1.29, 1.82) is 0 Å². The SMILES string of the molecule is O=C(NCc1ccc2ncnc(NCCC3=CCCS3)c2c1)c1cncn(Cc2ccc(F)c(F)c2)c1=O. The van der Waals surface area contributed by atoms with Crippen LogP contribution in [0.1, 0.15) is 34.3 Å². The van der Waals surface area contributed by atoms with E-state index in [0.717, 1.165) is 59.6 Å². The number of rotatable bonds is 9. The maximum atomic E-state index is 13.5. The summed E-state index contributed by atoms with van der Waals surface area (Å²) < 4.78 is 27.9. The van der Waals surface area contributed by atoms with E-state index >= 15 is 0 Å². The first-order valence-electron chi connectivity index (χ1n) is 12.0. The molecule has 8 nitrogen and oxygen atoms in total. The first kappa shape index (κ1) is 25.5. The molecule has 0 aliphatic carbocycles. The molecule has 0 saturated heterocycles. The van der Waals surface area contributed by atoms with E-state index in [1.807, 2.05) is 30.0 Å². The van der Waals surface area contributed by atoms with E-state index in [4.69, 9.17) is 0 Å². The number of anilines is 1. The average molecular weight is 535 g/mol. The number of aromatic nitrogens is 4. The van der Waals surface area contributed by atoms with Crippen LogP contribution in [0.5, 0.6) is 0 Å². The number of fused-ring (bicyclic) bond motifs is 1. The van der Waals surface area contributed by atoms with Crippen LogP contribution in [0, 0.1) is 11.6 Å². The minimum atomic E-state index is -1.01. The molecule has 0 bridgehead atoms. The second-order valence-electron chi connectivity index (χ2n) is 8.73. The number of nitrogens with zero attached hydrogens (tertiary/aromatic N) is 4. The van der Waals surface area contributed by atoms with Gasteiger partial charge in [0.1, 0.15) is 17.7 Å². The topological polar surface area (TPSA) is 102 Å². The number of carbonyl (C=O) groups excluding carboxylic acids is 1. The van der Waals surface area contributed by atoms with Crippen LogP contribution in [0.25, 0.3) is 10.9 Å². The molecule has 0 saturated carbocycles. The minimum Gasteiger partial charge on any atom is -0.369 e. The number of allylic oxidation sites excluding steroid dienone is 1. The van der Waals surface area contributed by atoms with Crippen LogP contribution in [0.15, 0.2) is 71.0 Å². The van der Waals surface area contributed by atoms with Gasteiger partial charge >= 0.3 is 0 Å². The molecule has 2 aromatic heterocycles. The van der Waals surface area contributed by atoms with Crippen LogP contribution in [-0.2, 0) is 13.1 Å². The zero-order chi connectivity index (χ0) is 26.5. The van der Waals surface area contributed by atoms with Gasteiger partial charge in [0.05, 0.1) is 18.4 Å². The lowest BCUT2D eigenvalue weighted by Crippen LogP contribution is -2.33. The number of hydrogen-bond acceptors (Lipinski definition) is 7. The van der Waals surface area contributed by atoms with E-state index in [0.29, 0.717) is 5.56 Å². The summed E-state index contributed by atoms with van der Waals surface area (Å²) in [6.45, 7) is 0.870. The molecule has 0 radical (unpaired) electrons. The first-order valence-corrected chi connectivity index (χ1v) is 13.0. The van der Waals surface area contributed by atoms with Gasteiger partial charge in [0.25, 0.3) is 11.5 Å². The fourth-order valence-electron chi connectivity index (χ4n) is 4.13. The van der Waals surface area contributed by atoms with Gasteiger partial charge in [-0.05, 0) is 53.1 Å². The molecule has 4 aromatic rings. The maximum absolute atomic E-state index is 13.5. The van der Waals surface area contributed by atoms with Gasteiger partial charge in [0.2, 0.25) is 0 Å². The van der Waals surface area contributed by atoms with Crippen molar-refractivity contribution in [3.8, 4) is 0 Å². The highest BCUT2D eigenvalue weighted by molar-refractivity contribution is 8.03. The van der Waals surface area contributed by atoms with E-state index in [-0.39, 0.29) is 18.7 Å². The van der Waals surface area contributed by atoms with Gasteiger partial charge in [-0.2, -0.15) is 0 Å². The summed E-state index contributed by atoms with van der Waals surface area (Å²) in [6.07, 6.45) is 8.28. The molecular formula is C27H24F2N6O2S. The van der Waals surface area contributed by atoms with Crippen molar-refractivity contribution in [1.82, 2.24) is 24.8 Å². The lowest BCUT2D eigenvalue weighted by atomic mass is 10.1. The van der Waals surface area contributed by atoms with Crippen LogP contribution in [0.3, 0.4) is 0 Å². The van der Waals surface area contributed by atoms with Crippen molar-refractivity contribution in [2.45, 2.75) is 25.9 Å². The molecule has 3 heterocycles. The van der Waals surface area contributed by atoms with Crippen LogP contribution in [-0.4, -0.2) is 37.7 Å². The number of benzene rings is 2. The summed E-state index contributed by atoms with van der Waals surface area (Å²) in [7, 11) is 0. The van der Waals surface area contributed by atoms with Gasteiger partial charge < -0.3 is 10.6 Å². The molecule has 2 aromatic carbocycles. The van der Waals surface area contributed by atoms with E-state index < -0.39 is 23.1 Å². The molecular weight excluding hydrogens is 510 g/mol. The molecule has 1 amide bonds.